The van der Waals surface area contributed by atoms with E-state index in [2.05, 4.69) is 12.2 Å². The summed E-state index contributed by atoms with van der Waals surface area (Å²) in [6, 6.07) is 0.399. The van der Waals surface area contributed by atoms with Crippen molar-refractivity contribution in [1.29, 1.82) is 0 Å². The molecule has 86 valence electrons. The lowest BCUT2D eigenvalue weighted by Gasteiger charge is -2.20. The van der Waals surface area contributed by atoms with Gasteiger partial charge in [0.05, 0.1) is 0 Å². The van der Waals surface area contributed by atoms with Crippen molar-refractivity contribution >= 4 is 6.09 Å². The minimum Gasteiger partial charge on any atom is -0.444 e. The Labute approximate surface area is 91.6 Å². The standard InChI is InChI=1S/C12H21NO2/c1-7-5-8-9(6-7)10(8)13-11(14)15-12(2,3)4/h7-10H,5-6H2,1-4H3,(H,13,14). The molecular weight excluding hydrogens is 190 g/mol. The molecule has 0 radical (unpaired) electrons. The number of carbonyl (C=O) groups excluding carboxylic acids is 1. The van der Waals surface area contributed by atoms with Crippen LogP contribution in [0.25, 0.3) is 0 Å². The van der Waals surface area contributed by atoms with Gasteiger partial charge in [0.2, 0.25) is 0 Å². The van der Waals surface area contributed by atoms with Gasteiger partial charge in [-0.15, -0.1) is 0 Å². The van der Waals surface area contributed by atoms with Crippen LogP contribution in [-0.2, 0) is 4.74 Å². The SMILES string of the molecule is CC1CC2C(C1)C2NC(=O)OC(C)(C)C. The molecule has 2 atom stereocenters. The highest BCUT2D eigenvalue weighted by Gasteiger charge is 2.55. The average Bonchev–Trinajstić information content (AvgIpc) is 2.54. The van der Waals surface area contributed by atoms with Crippen LogP contribution < -0.4 is 5.32 Å². The molecule has 1 N–H and O–H groups in total. The Balaban J connectivity index is 1.74. The molecule has 3 heteroatoms. The van der Waals surface area contributed by atoms with Crippen molar-refractivity contribution < 1.29 is 9.53 Å². The third-order valence-corrected chi connectivity index (χ3v) is 3.36. The average molecular weight is 211 g/mol. The Morgan fingerprint density at radius 2 is 1.80 bits per heavy atom. The van der Waals surface area contributed by atoms with Gasteiger partial charge in [-0.2, -0.15) is 0 Å². The Bertz CT molecular complexity index is 257. The van der Waals surface area contributed by atoms with E-state index in [0.717, 1.165) is 17.8 Å². The molecule has 0 heterocycles. The zero-order valence-corrected chi connectivity index (χ0v) is 10.0. The molecule has 0 aromatic heterocycles. The van der Waals surface area contributed by atoms with Crippen molar-refractivity contribution in [2.24, 2.45) is 17.8 Å². The predicted molar refractivity (Wildman–Crippen MR) is 58.5 cm³/mol. The van der Waals surface area contributed by atoms with Crippen molar-refractivity contribution in [2.75, 3.05) is 0 Å². The van der Waals surface area contributed by atoms with Gasteiger partial charge in [-0.3, -0.25) is 0 Å². The summed E-state index contributed by atoms with van der Waals surface area (Å²) >= 11 is 0. The summed E-state index contributed by atoms with van der Waals surface area (Å²) in [5, 5.41) is 2.97. The minimum absolute atomic E-state index is 0.255. The van der Waals surface area contributed by atoms with Gasteiger partial charge in [-0.1, -0.05) is 6.92 Å². The van der Waals surface area contributed by atoms with Gasteiger partial charge in [-0.05, 0) is 51.4 Å². The smallest absolute Gasteiger partial charge is 0.407 e. The second kappa shape index (κ2) is 3.39. The quantitative estimate of drug-likeness (QED) is 0.724. The number of amides is 1. The fraction of sp³-hybridized carbons (Fsp3) is 0.917. The monoisotopic (exact) mass is 211 g/mol. The van der Waals surface area contributed by atoms with Gasteiger partial charge in [-0.25, -0.2) is 4.79 Å². The first-order valence-electron chi connectivity index (χ1n) is 5.86. The Morgan fingerprint density at radius 3 is 2.27 bits per heavy atom. The summed E-state index contributed by atoms with van der Waals surface area (Å²) in [6.07, 6.45) is 2.28. The molecule has 2 rings (SSSR count). The first kappa shape index (κ1) is 10.8. The highest BCUT2D eigenvalue weighted by Crippen LogP contribution is 2.54. The lowest BCUT2D eigenvalue weighted by molar-refractivity contribution is 0.0516. The highest BCUT2D eigenvalue weighted by molar-refractivity contribution is 5.68. The first-order chi connectivity index (χ1) is 6.87. The largest absolute Gasteiger partial charge is 0.444 e. The number of ether oxygens (including phenoxy) is 1. The summed E-state index contributed by atoms with van der Waals surface area (Å²) in [7, 11) is 0. The Morgan fingerprint density at radius 1 is 1.27 bits per heavy atom. The maximum absolute atomic E-state index is 11.5. The van der Waals surface area contributed by atoms with Gasteiger partial charge >= 0.3 is 6.09 Å². The summed E-state index contributed by atoms with van der Waals surface area (Å²) < 4.78 is 5.23. The Kier molecular flexibility index (Phi) is 2.44. The molecule has 0 aromatic rings. The highest BCUT2D eigenvalue weighted by atomic mass is 16.6. The fourth-order valence-corrected chi connectivity index (χ4v) is 2.77. The zero-order chi connectivity index (χ0) is 11.2. The van der Waals surface area contributed by atoms with E-state index in [1.54, 1.807) is 0 Å². The number of nitrogens with one attached hydrogen (secondary N) is 1. The third-order valence-electron chi connectivity index (χ3n) is 3.36. The normalized spacial score (nSPS) is 38.4. The van der Waals surface area contributed by atoms with Crippen molar-refractivity contribution in [2.45, 2.75) is 52.2 Å². The van der Waals surface area contributed by atoms with Crippen LogP contribution in [0.1, 0.15) is 40.5 Å². The van der Waals surface area contributed by atoms with Crippen molar-refractivity contribution in [3.8, 4) is 0 Å². The van der Waals surface area contributed by atoms with Crippen LogP contribution in [0, 0.1) is 17.8 Å². The van der Waals surface area contributed by atoms with Crippen molar-refractivity contribution in [3.05, 3.63) is 0 Å². The summed E-state index contributed by atoms with van der Waals surface area (Å²) in [6.45, 7) is 7.96. The number of hydrogen-bond donors (Lipinski definition) is 1. The number of carbonyl (C=O) groups is 1. The van der Waals surface area contributed by atoms with E-state index in [9.17, 15) is 4.79 Å². The summed E-state index contributed by atoms with van der Waals surface area (Å²) in [5.41, 5.74) is -0.388. The first-order valence-corrected chi connectivity index (χ1v) is 5.86. The minimum atomic E-state index is -0.388. The van der Waals surface area contributed by atoms with Crippen LogP contribution in [0.3, 0.4) is 0 Å². The maximum Gasteiger partial charge on any atom is 0.407 e. The van der Waals surface area contributed by atoms with E-state index in [1.807, 2.05) is 20.8 Å². The number of hydrogen-bond acceptors (Lipinski definition) is 2. The number of alkyl carbamates (subject to hydrolysis) is 1. The van der Waals surface area contributed by atoms with Crippen LogP contribution in [0.5, 0.6) is 0 Å². The second-order valence-electron chi connectivity index (χ2n) is 6.08. The van der Waals surface area contributed by atoms with Crippen LogP contribution >= 0.6 is 0 Å². The summed E-state index contributed by atoms with van der Waals surface area (Å²) in [4.78, 5) is 11.5. The van der Waals surface area contributed by atoms with Crippen LogP contribution in [0.4, 0.5) is 4.79 Å². The van der Waals surface area contributed by atoms with E-state index in [0.29, 0.717) is 6.04 Å². The number of fused-ring (bicyclic) bond motifs is 1. The molecule has 0 aromatic carbocycles. The zero-order valence-electron chi connectivity index (χ0n) is 10.0. The Hall–Kier alpha value is -0.730. The van der Waals surface area contributed by atoms with E-state index in [-0.39, 0.29) is 11.7 Å². The molecule has 2 aliphatic rings. The van der Waals surface area contributed by atoms with Crippen LogP contribution in [0.2, 0.25) is 0 Å². The molecular formula is C12H21NO2. The maximum atomic E-state index is 11.5. The summed E-state index contributed by atoms with van der Waals surface area (Å²) in [5.74, 6) is 2.30. The number of rotatable bonds is 1. The molecule has 0 spiro atoms. The fourth-order valence-electron chi connectivity index (χ4n) is 2.77. The predicted octanol–water partition coefficient (Wildman–Crippen LogP) is 2.56. The topological polar surface area (TPSA) is 38.3 Å². The molecule has 0 aliphatic heterocycles. The van der Waals surface area contributed by atoms with E-state index >= 15 is 0 Å². The molecule has 2 saturated carbocycles. The van der Waals surface area contributed by atoms with Gasteiger partial charge in [0.25, 0.3) is 0 Å². The van der Waals surface area contributed by atoms with E-state index < -0.39 is 0 Å². The van der Waals surface area contributed by atoms with Gasteiger partial charge in [0.1, 0.15) is 5.60 Å². The van der Waals surface area contributed by atoms with Crippen molar-refractivity contribution in [3.63, 3.8) is 0 Å². The molecule has 2 fully saturated rings. The third kappa shape index (κ3) is 2.44. The molecule has 0 saturated heterocycles. The molecule has 0 bridgehead atoms. The van der Waals surface area contributed by atoms with E-state index in [4.69, 9.17) is 4.74 Å². The lowest BCUT2D eigenvalue weighted by atomic mass is 10.1. The van der Waals surface area contributed by atoms with Gasteiger partial charge < -0.3 is 10.1 Å². The van der Waals surface area contributed by atoms with Crippen molar-refractivity contribution in [1.82, 2.24) is 5.32 Å². The van der Waals surface area contributed by atoms with Crippen LogP contribution in [-0.4, -0.2) is 17.7 Å². The van der Waals surface area contributed by atoms with E-state index in [1.165, 1.54) is 12.8 Å². The molecule has 1 amide bonds. The molecule has 2 aliphatic carbocycles. The molecule has 3 nitrogen and oxygen atoms in total. The van der Waals surface area contributed by atoms with Gasteiger partial charge in [0, 0.05) is 6.04 Å². The van der Waals surface area contributed by atoms with Gasteiger partial charge in [0.15, 0.2) is 0 Å². The molecule has 2 unspecified atom stereocenters. The molecule has 15 heavy (non-hydrogen) atoms. The second-order valence-corrected chi connectivity index (χ2v) is 6.08. The lowest BCUT2D eigenvalue weighted by Crippen LogP contribution is -2.35. The van der Waals surface area contributed by atoms with Crippen LogP contribution in [0.15, 0.2) is 0 Å².